The topological polar surface area (TPSA) is 34.1 Å². The molecule has 0 aliphatic rings. The first-order valence-electron chi connectivity index (χ1n) is 8.03. The molecule has 0 rings (SSSR count). The van der Waals surface area contributed by atoms with Crippen LogP contribution in [0.3, 0.4) is 0 Å². The SMILES string of the molecule is CC(C)(C)CCCCC(=O)CC(=O)CCCC(C)(C)C. The van der Waals surface area contributed by atoms with Crippen molar-refractivity contribution in [3.8, 4) is 0 Å². The summed E-state index contributed by atoms with van der Waals surface area (Å²) in [5.41, 5.74) is 0.614. The van der Waals surface area contributed by atoms with Gasteiger partial charge in [0, 0.05) is 12.8 Å². The Morgan fingerprint density at radius 1 is 0.650 bits per heavy atom. The van der Waals surface area contributed by atoms with E-state index in [2.05, 4.69) is 41.5 Å². The summed E-state index contributed by atoms with van der Waals surface area (Å²) in [5.74, 6) is 0.245. The van der Waals surface area contributed by atoms with Gasteiger partial charge in [0.15, 0.2) is 0 Å². The van der Waals surface area contributed by atoms with Crippen LogP contribution in [-0.2, 0) is 9.59 Å². The maximum atomic E-state index is 11.7. The third-order valence-corrected chi connectivity index (χ3v) is 3.41. The molecule has 0 unspecified atom stereocenters. The standard InChI is InChI=1S/C18H34O2/c1-17(2,3)12-8-7-10-15(19)14-16(20)11-9-13-18(4,5)6/h7-14H2,1-6H3. The third-order valence-electron chi connectivity index (χ3n) is 3.41. The Bertz CT molecular complexity index is 302. The predicted molar refractivity (Wildman–Crippen MR) is 85.9 cm³/mol. The van der Waals surface area contributed by atoms with Gasteiger partial charge < -0.3 is 0 Å². The normalized spacial score (nSPS) is 12.5. The number of Topliss-reactive ketones (excluding diaryl/α,β-unsaturated/α-hetero) is 2. The smallest absolute Gasteiger partial charge is 0.140 e. The fourth-order valence-electron chi connectivity index (χ4n) is 2.19. The second-order valence-corrected chi connectivity index (χ2v) is 8.44. The molecule has 0 aromatic carbocycles. The van der Waals surface area contributed by atoms with Crippen LogP contribution in [0.4, 0.5) is 0 Å². The second kappa shape index (κ2) is 8.59. The highest BCUT2D eigenvalue weighted by atomic mass is 16.1. The molecule has 0 aliphatic carbocycles. The molecule has 0 saturated heterocycles. The van der Waals surface area contributed by atoms with Crippen LogP contribution < -0.4 is 0 Å². The van der Waals surface area contributed by atoms with E-state index in [1.54, 1.807) is 0 Å². The number of hydrogen-bond acceptors (Lipinski definition) is 2. The summed E-state index contributed by atoms with van der Waals surface area (Å²) < 4.78 is 0. The average Bonchev–Trinajstić information content (AvgIpc) is 2.21. The van der Waals surface area contributed by atoms with Crippen LogP contribution in [0.25, 0.3) is 0 Å². The summed E-state index contributed by atoms with van der Waals surface area (Å²) in [4.78, 5) is 23.4. The lowest BCUT2D eigenvalue weighted by Gasteiger charge is -2.17. The number of hydrogen-bond donors (Lipinski definition) is 0. The van der Waals surface area contributed by atoms with Crippen LogP contribution in [-0.4, -0.2) is 11.6 Å². The Kier molecular flexibility index (Phi) is 8.30. The summed E-state index contributed by atoms with van der Waals surface area (Å²) in [5, 5.41) is 0. The summed E-state index contributed by atoms with van der Waals surface area (Å²) in [6.07, 6.45) is 6.36. The molecule has 20 heavy (non-hydrogen) atoms. The first kappa shape index (κ1) is 19.3. The van der Waals surface area contributed by atoms with Crippen LogP contribution in [0, 0.1) is 10.8 Å². The zero-order chi connectivity index (χ0) is 15.8. The Morgan fingerprint density at radius 3 is 1.50 bits per heavy atom. The monoisotopic (exact) mass is 282 g/mol. The largest absolute Gasteiger partial charge is 0.299 e. The fourth-order valence-corrected chi connectivity index (χ4v) is 2.19. The first-order valence-corrected chi connectivity index (χ1v) is 8.03. The molecule has 0 aromatic heterocycles. The van der Waals surface area contributed by atoms with Gasteiger partial charge in [-0.15, -0.1) is 0 Å². The van der Waals surface area contributed by atoms with Gasteiger partial charge in [-0.25, -0.2) is 0 Å². The van der Waals surface area contributed by atoms with Crippen molar-refractivity contribution in [2.45, 2.75) is 92.9 Å². The van der Waals surface area contributed by atoms with Gasteiger partial charge in [-0.3, -0.25) is 9.59 Å². The van der Waals surface area contributed by atoms with E-state index >= 15 is 0 Å². The van der Waals surface area contributed by atoms with Gasteiger partial charge >= 0.3 is 0 Å². The van der Waals surface area contributed by atoms with Gasteiger partial charge in [0.25, 0.3) is 0 Å². The highest BCUT2D eigenvalue weighted by Gasteiger charge is 2.14. The lowest BCUT2D eigenvalue weighted by atomic mass is 9.88. The second-order valence-electron chi connectivity index (χ2n) is 8.44. The van der Waals surface area contributed by atoms with E-state index in [-0.39, 0.29) is 23.4 Å². The number of carbonyl (C=O) groups excluding carboxylic acids is 2. The minimum Gasteiger partial charge on any atom is -0.299 e. The summed E-state index contributed by atoms with van der Waals surface area (Å²) in [6.45, 7) is 13.2. The van der Waals surface area contributed by atoms with E-state index in [9.17, 15) is 9.59 Å². The maximum Gasteiger partial charge on any atom is 0.140 e. The van der Waals surface area contributed by atoms with Gasteiger partial charge in [-0.1, -0.05) is 48.0 Å². The van der Waals surface area contributed by atoms with E-state index in [0.717, 1.165) is 32.1 Å². The number of unbranched alkanes of at least 4 members (excludes halogenated alkanes) is 1. The highest BCUT2D eigenvalue weighted by molar-refractivity contribution is 5.98. The van der Waals surface area contributed by atoms with Crippen molar-refractivity contribution in [1.29, 1.82) is 0 Å². The lowest BCUT2D eigenvalue weighted by Crippen LogP contribution is -2.10. The molecule has 0 fully saturated rings. The van der Waals surface area contributed by atoms with Crippen molar-refractivity contribution in [2.24, 2.45) is 10.8 Å². The lowest BCUT2D eigenvalue weighted by molar-refractivity contribution is -0.127. The molecule has 0 bridgehead atoms. The summed E-state index contributed by atoms with van der Waals surface area (Å²) >= 11 is 0. The van der Waals surface area contributed by atoms with Gasteiger partial charge in [0.2, 0.25) is 0 Å². The Labute approximate surface area is 125 Å². The van der Waals surface area contributed by atoms with E-state index in [1.807, 2.05) is 0 Å². The van der Waals surface area contributed by atoms with Gasteiger partial charge in [0.05, 0.1) is 6.42 Å². The van der Waals surface area contributed by atoms with Crippen LogP contribution in [0.1, 0.15) is 92.9 Å². The molecule has 0 heterocycles. The van der Waals surface area contributed by atoms with E-state index < -0.39 is 0 Å². The summed E-state index contributed by atoms with van der Waals surface area (Å²) in [7, 11) is 0. The molecule has 0 spiro atoms. The van der Waals surface area contributed by atoms with Gasteiger partial charge in [-0.05, 0) is 36.5 Å². The number of carbonyl (C=O) groups is 2. The number of rotatable bonds is 9. The van der Waals surface area contributed by atoms with Crippen molar-refractivity contribution < 1.29 is 9.59 Å². The van der Waals surface area contributed by atoms with Crippen molar-refractivity contribution in [1.82, 2.24) is 0 Å². The molecule has 0 saturated carbocycles. The molecule has 0 aromatic rings. The molecular weight excluding hydrogens is 248 g/mol. The minimum absolute atomic E-state index is 0.120. The average molecular weight is 282 g/mol. The van der Waals surface area contributed by atoms with E-state index in [4.69, 9.17) is 0 Å². The molecule has 2 heteroatoms. The maximum absolute atomic E-state index is 11.7. The molecule has 0 N–H and O–H groups in total. The zero-order valence-electron chi connectivity index (χ0n) is 14.5. The van der Waals surface area contributed by atoms with Crippen molar-refractivity contribution in [3.05, 3.63) is 0 Å². The first-order chi connectivity index (χ1) is 8.99. The van der Waals surface area contributed by atoms with Crippen LogP contribution in [0.5, 0.6) is 0 Å². The molecule has 0 radical (unpaired) electrons. The highest BCUT2D eigenvalue weighted by Crippen LogP contribution is 2.23. The summed E-state index contributed by atoms with van der Waals surface area (Å²) in [6, 6.07) is 0. The van der Waals surface area contributed by atoms with Gasteiger partial charge in [-0.2, -0.15) is 0 Å². The van der Waals surface area contributed by atoms with Crippen molar-refractivity contribution in [2.75, 3.05) is 0 Å². The van der Waals surface area contributed by atoms with Crippen LogP contribution in [0.2, 0.25) is 0 Å². The molecule has 0 aliphatic heterocycles. The van der Waals surface area contributed by atoms with E-state index in [1.165, 1.54) is 0 Å². The molecule has 2 nitrogen and oxygen atoms in total. The predicted octanol–water partition coefficient (Wildman–Crippen LogP) is 5.34. The van der Waals surface area contributed by atoms with Gasteiger partial charge in [0.1, 0.15) is 11.6 Å². The zero-order valence-corrected chi connectivity index (χ0v) is 14.5. The Hall–Kier alpha value is -0.660. The molecular formula is C18H34O2. The Balaban J connectivity index is 3.68. The third kappa shape index (κ3) is 13.8. The van der Waals surface area contributed by atoms with Crippen LogP contribution in [0.15, 0.2) is 0 Å². The Morgan fingerprint density at radius 2 is 1.05 bits per heavy atom. The molecule has 0 amide bonds. The fraction of sp³-hybridized carbons (Fsp3) is 0.889. The molecule has 118 valence electrons. The minimum atomic E-state index is 0.120. The molecule has 0 atom stereocenters. The van der Waals surface area contributed by atoms with E-state index in [0.29, 0.717) is 18.3 Å². The van der Waals surface area contributed by atoms with Crippen molar-refractivity contribution in [3.63, 3.8) is 0 Å². The van der Waals surface area contributed by atoms with Crippen molar-refractivity contribution >= 4 is 11.6 Å². The van der Waals surface area contributed by atoms with Crippen LogP contribution >= 0.6 is 0 Å². The quantitative estimate of drug-likeness (QED) is 0.422. The number of ketones is 2.